The molecule has 2 aromatic carbocycles. The van der Waals surface area contributed by atoms with Gasteiger partial charge in [-0.05, 0) is 37.4 Å². The number of carbonyl (C=O) groups is 1. The molecule has 1 heterocycles. The summed E-state index contributed by atoms with van der Waals surface area (Å²) in [5.74, 6) is 1.21. The van der Waals surface area contributed by atoms with Crippen LogP contribution in [0, 0.1) is 11.3 Å². The van der Waals surface area contributed by atoms with Crippen LogP contribution in [-0.4, -0.2) is 43.7 Å². The molecule has 0 aliphatic carbocycles. The number of nitrogens with zero attached hydrogens (tertiary/aromatic N) is 2. The number of halogens is 1. The monoisotopic (exact) mass is 371 g/mol. The largest absolute Gasteiger partial charge is 0.486 e. The zero-order valence-electron chi connectivity index (χ0n) is 14.2. The van der Waals surface area contributed by atoms with Gasteiger partial charge in [-0.15, -0.1) is 0 Å². The Hall–Kier alpha value is -2.75. The highest BCUT2D eigenvalue weighted by Gasteiger charge is 2.22. The molecule has 0 radical (unpaired) electrons. The number of amides is 1. The van der Waals surface area contributed by atoms with Crippen molar-refractivity contribution in [2.24, 2.45) is 0 Å². The maximum atomic E-state index is 12.3. The van der Waals surface area contributed by atoms with Crippen molar-refractivity contribution < 1.29 is 14.3 Å². The van der Waals surface area contributed by atoms with Crippen LogP contribution in [0.4, 0.5) is 5.69 Å². The van der Waals surface area contributed by atoms with Crippen molar-refractivity contribution >= 4 is 23.2 Å². The summed E-state index contributed by atoms with van der Waals surface area (Å²) in [6.45, 7) is 1.11. The van der Waals surface area contributed by atoms with E-state index < -0.39 is 0 Å². The first-order chi connectivity index (χ1) is 12.5. The third kappa shape index (κ3) is 4.45. The predicted octanol–water partition coefficient (Wildman–Crippen LogP) is 2.92. The van der Waals surface area contributed by atoms with Crippen molar-refractivity contribution in [1.29, 1.82) is 5.26 Å². The SMILES string of the molecule is CN(CC(=O)Nc1cc(Cl)ccc1C#N)CC1COc2ccccc2O1. The van der Waals surface area contributed by atoms with Gasteiger partial charge >= 0.3 is 0 Å². The van der Waals surface area contributed by atoms with Crippen LogP contribution in [0.2, 0.25) is 5.02 Å². The van der Waals surface area contributed by atoms with E-state index in [0.717, 1.165) is 5.75 Å². The van der Waals surface area contributed by atoms with E-state index in [1.54, 1.807) is 18.2 Å². The Morgan fingerprint density at radius 2 is 2.12 bits per heavy atom. The van der Waals surface area contributed by atoms with Gasteiger partial charge in [0.15, 0.2) is 11.5 Å². The van der Waals surface area contributed by atoms with Gasteiger partial charge in [-0.2, -0.15) is 5.26 Å². The number of hydrogen-bond donors (Lipinski definition) is 1. The lowest BCUT2D eigenvalue weighted by Gasteiger charge is -2.29. The first-order valence-corrected chi connectivity index (χ1v) is 8.49. The molecule has 0 bridgehead atoms. The van der Waals surface area contributed by atoms with E-state index in [-0.39, 0.29) is 18.6 Å². The van der Waals surface area contributed by atoms with Crippen molar-refractivity contribution in [3.63, 3.8) is 0 Å². The molecular formula is C19H18ClN3O3. The van der Waals surface area contributed by atoms with Crippen molar-refractivity contribution in [1.82, 2.24) is 4.90 Å². The zero-order chi connectivity index (χ0) is 18.5. The first kappa shape index (κ1) is 18.1. The topological polar surface area (TPSA) is 74.6 Å². The van der Waals surface area contributed by atoms with Crippen molar-refractivity contribution in [2.75, 3.05) is 32.1 Å². The highest BCUT2D eigenvalue weighted by atomic mass is 35.5. The molecule has 1 N–H and O–H groups in total. The molecule has 1 unspecified atom stereocenters. The van der Waals surface area contributed by atoms with Crippen LogP contribution in [0.1, 0.15) is 5.56 Å². The van der Waals surface area contributed by atoms with E-state index in [2.05, 4.69) is 5.32 Å². The quantitative estimate of drug-likeness (QED) is 0.874. The van der Waals surface area contributed by atoms with E-state index in [4.69, 9.17) is 26.3 Å². The number of likely N-dealkylation sites (N-methyl/N-ethyl adjacent to an activating group) is 1. The van der Waals surface area contributed by atoms with Crippen LogP contribution in [-0.2, 0) is 4.79 Å². The molecule has 134 valence electrons. The molecule has 1 amide bonds. The maximum absolute atomic E-state index is 12.3. The maximum Gasteiger partial charge on any atom is 0.238 e. The second-order valence-corrected chi connectivity index (χ2v) is 6.48. The van der Waals surface area contributed by atoms with Gasteiger partial charge < -0.3 is 14.8 Å². The Bertz CT molecular complexity index is 850. The van der Waals surface area contributed by atoms with Crippen LogP contribution < -0.4 is 14.8 Å². The standard InChI is InChI=1S/C19H18ClN3O3/c1-23(10-15-12-25-17-4-2-3-5-18(17)26-15)11-19(24)22-16-8-14(20)7-6-13(16)9-21/h2-8,15H,10-12H2,1H3,(H,22,24). The molecule has 1 aliphatic heterocycles. The van der Waals surface area contributed by atoms with Crippen molar-refractivity contribution in [3.05, 3.63) is 53.1 Å². The molecule has 6 nitrogen and oxygen atoms in total. The number of hydrogen-bond acceptors (Lipinski definition) is 5. The van der Waals surface area contributed by atoms with Crippen LogP contribution in [0.3, 0.4) is 0 Å². The molecule has 2 aromatic rings. The Kier molecular flexibility index (Phi) is 5.61. The lowest BCUT2D eigenvalue weighted by molar-refractivity contribution is -0.117. The van der Waals surface area contributed by atoms with Gasteiger partial charge in [0.05, 0.1) is 17.8 Å². The number of para-hydroxylation sites is 2. The number of ether oxygens (including phenoxy) is 2. The second kappa shape index (κ2) is 8.09. The number of anilines is 1. The van der Waals surface area contributed by atoms with Gasteiger partial charge in [-0.1, -0.05) is 23.7 Å². The number of nitrogens with one attached hydrogen (secondary N) is 1. The number of rotatable bonds is 5. The summed E-state index contributed by atoms with van der Waals surface area (Å²) >= 11 is 5.93. The van der Waals surface area contributed by atoms with Gasteiger partial charge in [0, 0.05) is 11.6 Å². The Labute approximate surface area is 156 Å². The third-order valence-corrected chi connectivity index (χ3v) is 4.11. The molecule has 1 atom stereocenters. The lowest BCUT2D eigenvalue weighted by Crippen LogP contribution is -2.42. The Balaban J connectivity index is 1.54. The molecular weight excluding hydrogens is 354 g/mol. The Morgan fingerprint density at radius 3 is 2.88 bits per heavy atom. The van der Waals surface area contributed by atoms with Gasteiger partial charge in [0.1, 0.15) is 18.8 Å². The summed E-state index contributed by atoms with van der Waals surface area (Å²) in [5, 5.41) is 12.3. The molecule has 26 heavy (non-hydrogen) atoms. The smallest absolute Gasteiger partial charge is 0.238 e. The van der Waals surface area contributed by atoms with E-state index >= 15 is 0 Å². The average Bonchev–Trinajstić information content (AvgIpc) is 2.61. The van der Waals surface area contributed by atoms with Gasteiger partial charge in [0.25, 0.3) is 0 Å². The number of carbonyl (C=O) groups excluding carboxylic acids is 1. The lowest BCUT2D eigenvalue weighted by atomic mass is 10.2. The van der Waals surface area contributed by atoms with Crippen LogP contribution in [0.15, 0.2) is 42.5 Å². The van der Waals surface area contributed by atoms with Gasteiger partial charge in [0.2, 0.25) is 5.91 Å². The van der Waals surface area contributed by atoms with Gasteiger partial charge in [-0.25, -0.2) is 0 Å². The molecule has 0 aromatic heterocycles. The zero-order valence-corrected chi connectivity index (χ0v) is 15.0. The molecule has 3 rings (SSSR count). The second-order valence-electron chi connectivity index (χ2n) is 6.04. The fourth-order valence-corrected chi connectivity index (χ4v) is 2.89. The summed E-state index contributed by atoms with van der Waals surface area (Å²) in [5.41, 5.74) is 0.774. The average molecular weight is 372 g/mol. The highest BCUT2D eigenvalue weighted by Crippen LogP contribution is 2.30. The minimum atomic E-state index is -0.233. The minimum absolute atomic E-state index is 0.152. The van der Waals surface area contributed by atoms with Gasteiger partial charge in [-0.3, -0.25) is 9.69 Å². The summed E-state index contributed by atoms with van der Waals surface area (Å²) in [6.07, 6.45) is -0.163. The van der Waals surface area contributed by atoms with E-state index in [9.17, 15) is 4.79 Å². The molecule has 0 fully saturated rings. The fourth-order valence-electron chi connectivity index (χ4n) is 2.72. The third-order valence-electron chi connectivity index (χ3n) is 3.87. The highest BCUT2D eigenvalue weighted by molar-refractivity contribution is 6.31. The minimum Gasteiger partial charge on any atom is -0.486 e. The molecule has 0 spiro atoms. The van der Waals surface area contributed by atoms with E-state index in [1.807, 2.05) is 42.3 Å². The van der Waals surface area contributed by atoms with Crippen LogP contribution in [0.5, 0.6) is 11.5 Å². The number of fused-ring (bicyclic) bond motifs is 1. The molecule has 0 saturated carbocycles. The van der Waals surface area contributed by atoms with Crippen LogP contribution in [0.25, 0.3) is 0 Å². The Morgan fingerprint density at radius 1 is 1.35 bits per heavy atom. The van der Waals surface area contributed by atoms with E-state index in [0.29, 0.717) is 35.2 Å². The van der Waals surface area contributed by atoms with E-state index in [1.165, 1.54) is 0 Å². The summed E-state index contributed by atoms with van der Waals surface area (Å²) in [7, 11) is 1.83. The normalized spacial score (nSPS) is 15.4. The van der Waals surface area contributed by atoms with Crippen molar-refractivity contribution in [3.8, 4) is 17.6 Å². The van der Waals surface area contributed by atoms with Crippen molar-refractivity contribution in [2.45, 2.75) is 6.10 Å². The van der Waals surface area contributed by atoms with Crippen LogP contribution >= 0.6 is 11.6 Å². The fraction of sp³-hybridized carbons (Fsp3) is 0.263. The summed E-state index contributed by atoms with van der Waals surface area (Å²) in [4.78, 5) is 14.1. The summed E-state index contributed by atoms with van der Waals surface area (Å²) < 4.78 is 11.6. The molecule has 0 saturated heterocycles. The first-order valence-electron chi connectivity index (χ1n) is 8.11. The number of benzene rings is 2. The number of nitriles is 1. The predicted molar refractivity (Wildman–Crippen MR) is 98.6 cm³/mol. The molecule has 7 heteroatoms. The molecule has 1 aliphatic rings. The summed E-state index contributed by atoms with van der Waals surface area (Å²) in [6, 6.07) is 14.3.